The van der Waals surface area contributed by atoms with Crippen molar-refractivity contribution in [3.63, 3.8) is 0 Å². The topological polar surface area (TPSA) is 84.5 Å². The first-order chi connectivity index (χ1) is 18.3. The number of dihydropyridines is 1. The van der Waals surface area contributed by atoms with Crippen LogP contribution >= 0.6 is 11.6 Å². The van der Waals surface area contributed by atoms with Crippen LogP contribution in [0.15, 0.2) is 65.0 Å². The summed E-state index contributed by atoms with van der Waals surface area (Å²) in [6.07, 6.45) is 2.27. The summed E-state index contributed by atoms with van der Waals surface area (Å²) in [4.78, 5) is 40.0. The Hall–Kier alpha value is -3.38. The Kier molecular flexibility index (Phi) is 6.96. The van der Waals surface area contributed by atoms with Crippen LogP contribution in [0.1, 0.15) is 70.4 Å². The first-order valence-electron chi connectivity index (χ1n) is 13.4. The smallest absolute Gasteiger partial charge is 0.262 e. The molecule has 6 nitrogen and oxygen atoms in total. The largest absolute Gasteiger partial charge is 0.483 e. The minimum Gasteiger partial charge on any atom is -0.483 e. The normalized spacial score (nSPS) is 20.3. The van der Waals surface area contributed by atoms with Gasteiger partial charge in [0.15, 0.2) is 18.2 Å². The number of carbonyl (C=O) groups is 3. The third-order valence-electron chi connectivity index (χ3n) is 7.76. The Balaban J connectivity index is 1.49. The highest BCUT2D eigenvalue weighted by atomic mass is 35.5. The number of para-hydroxylation sites is 1. The molecule has 0 saturated heterocycles. The molecule has 3 aliphatic rings. The van der Waals surface area contributed by atoms with E-state index in [0.717, 1.165) is 35.4 Å². The molecule has 7 heteroatoms. The molecule has 204 valence electrons. The van der Waals surface area contributed by atoms with E-state index in [4.69, 9.17) is 16.3 Å². The van der Waals surface area contributed by atoms with Gasteiger partial charge >= 0.3 is 0 Å². The maximum Gasteiger partial charge on any atom is 0.262 e. The minimum atomic E-state index is -0.529. The summed E-state index contributed by atoms with van der Waals surface area (Å²) >= 11 is 6.20. The number of amides is 1. The van der Waals surface area contributed by atoms with Gasteiger partial charge in [0, 0.05) is 57.6 Å². The van der Waals surface area contributed by atoms with Gasteiger partial charge in [0.05, 0.1) is 0 Å². The summed E-state index contributed by atoms with van der Waals surface area (Å²) in [7, 11) is 0. The lowest BCUT2D eigenvalue weighted by Crippen LogP contribution is -2.42. The number of nitrogens with one attached hydrogen (secondary N) is 2. The van der Waals surface area contributed by atoms with Gasteiger partial charge in [0.25, 0.3) is 5.91 Å². The Morgan fingerprint density at radius 1 is 0.949 bits per heavy atom. The maximum atomic E-state index is 13.6. The summed E-state index contributed by atoms with van der Waals surface area (Å²) in [5.74, 6) is -0.284. The molecule has 0 radical (unpaired) electrons. The van der Waals surface area contributed by atoms with Gasteiger partial charge in [-0.25, -0.2) is 0 Å². The van der Waals surface area contributed by atoms with Crippen molar-refractivity contribution in [1.29, 1.82) is 0 Å². The van der Waals surface area contributed by atoms with Gasteiger partial charge in [-0.05, 0) is 54.4 Å². The van der Waals surface area contributed by atoms with Gasteiger partial charge in [0.1, 0.15) is 5.75 Å². The highest BCUT2D eigenvalue weighted by Crippen LogP contribution is 2.52. The predicted molar refractivity (Wildman–Crippen MR) is 153 cm³/mol. The lowest BCUT2D eigenvalue weighted by atomic mass is 9.64. The van der Waals surface area contributed by atoms with E-state index in [2.05, 4.69) is 38.3 Å². The Bertz CT molecular complexity index is 1400. The standard InChI is InChI=1S/C32H35ClN2O4/c1-18-10-11-19(12-21(18)33)34-27(38)17-39-26-9-7-6-8-20(26)28-29-22(13-31(2,3)15-24(29)36)35-23-14-32(4,5)16-25(37)30(23)28/h6-12,28,35H,13-17H2,1-5H3,(H,34,38). The quantitative estimate of drug-likeness (QED) is 0.439. The molecule has 0 saturated carbocycles. The zero-order chi connectivity index (χ0) is 28.1. The van der Waals surface area contributed by atoms with Crippen molar-refractivity contribution in [3.8, 4) is 5.75 Å². The number of benzene rings is 2. The fourth-order valence-electron chi connectivity index (χ4n) is 6.06. The fraction of sp³-hybridized carbons (Fsp3) is 0.406. The first kappa shape index (κ1) is 27.2. The van der Waals surface area contributed by atoms with Gasteiger partial charge in [-0.3, -0.25) is 14.4 Å². The number of carbonyl (C=O) groups excluding carboxylic acids is 3. The van der Waals surface area contributed by atoms with E-state index in [1.807, 2.05) is 31.2 Å². The fourth-order valence-corrected chi connectivity index (χ4v) is 6.24. The number of ketones is 2. The average molecular weight is 547 g/mol. The van der Waals surface area contributed by atoms with E-state index in [1.165, 1.54) is 0 Å². The second-order valence-corrected chi connectivity index (χ2v) is 13.0. The van der Waals surface area contributed by atoms with Crippen LogP contribution in [-0.2, 0) is 14.4 Å². The zero-order valence-corrected chi connectivity index (χ0v) is 23.9. The molecule has 0 bridgehead atoms. The number of ether oxygens (including phenoxy) is 1. The van der Waals surface area contributed by atoms with Crippen molar-refractivity contribution in [2.75, 3.05) is 11.9 Å². The Labute approximate surface area is 234 Å². The molecule has 1 aliphatic heterocycles. The molecule has 1 heterocycles. The van der Waals surface area contributed by atoms with Crippen molar-refractivity contribution in [2.45, 2.75) is 66.2 Å². The first-order valence-corrected chi connectivity index (χ1v) is 13.8. The number of anilines is 1. The monoisotopic (exact) mass is 546 g/mol. The average Bonchev–Trinajstić information content (AvgIpc) is 2.82. The van der Waals surface area contributed by atoms with Crippen LogP contribution in [0.3, 0.4) is 0 Å². The summed E-state index contributed by atoms with van der Waals surface area (Å²) < 4.78 is 6.06. The number of Topliss-reactive ketones (excluding diaryl/α,β-unsaturated/α-hetero) is 2. The lowest BCUT2D eigenvalue weighted by molar-refractivity contribution is -0.120. The highest BCUT2D eigenvalue weighted by Gasteiger charge is 2.47. The third kappa shape index (κ3) is 5.53. The van der Waals surface area contributed by atoms with Gasteiger partial charge in [-0.2, -0.15) is 0 Å². The molecule has 2 aliphatic carbocycles. The summed E-state index contributed by atoms with van der Waals surface area (Å²) in [6, 6.07) is 12.7. The SMILES string of the molecule is Cc1ccc(NC(=O)COc2ccccc2C2C3=C(CC(C)(C)CC3=O)NC3=C2C(=O)CC(C)(C)C3)cc1Cl. The zero-order valence-electron chi connectivity index (χ0n) is 23.2. The van der Waals surface area contributed by atoms with Crippen LogP contribution in [0.25, 0.3) is 0 Å². The molecule has 2 aromatic rings. The van der Waals surface area contributed by atoms with Gasteiger partial charge < -0.3 is 15.4 Å². The van der Waals surface area contributed by atoms with Crippen LogP contribution in [-0.4, -0.2) is 24.1 Å². The van der Waals surface area contributed by atoms with E-state index >= 15 is 0 Å². The molecule has 0 unspecified atom stereocenters. The molecule has 0 spiro atoms. The van der Waals surface area contributed by atoms with Gasteiger partial charge in [0.2, 0.25) is 0 Å². The van der Waals surface area contributed by atoms with Gasteiger partial charge in [-0.1, -0.05) is 63.6 Å². The molecule has 0 atom stereocenters. The van der Waals surface area contributed by atoms with E-state index in [1.54, 1.807) is 18.2 Å². The number of hydrogen-bond acceptors (Lipinski definition) is 5. The number of halogens is 1. The predicted octanol–water partition coefficient (Wildman–Crippen LogP) is 6.64. The highest BCUT2D eigenvalue weighted by molar-refractivity contribution is 6.31. The van der Waals surface area contributed by atoms with E-state index in [0.29, 0.717) is 40.4 Å². The molecular formula is C32H35ClN2O4. The number of hydrogen-bond donors (Lipinski definition) is 2. The third-order valence-corrected chi connectivity index (χ3v) is 8.17. The van der Waals surface area contributed by atoms with Crippen LogP contribution in [0, 0.1) is 17.8 Å². The van der Waals surface area contributed by atoms with E-state index in [9.17, 15) is 14.4 Å². The minimum absolute atomic E-state index is 0.0479. The van der Waals surface area contributed by atoms with E-state index in [-0.39, 0.29) is 34.9 Å². The summed E-state index contributed by atoms with van der Waals surface area (Å²) in [5, 5.41) is 6.92. The van der Waals surface area contributed by atoms with Crippen LogP contribution in [0.5, 0.6) is 5.75 Å². The molecule has 1 amide bonds. The molecule has 0 aromatic heterocycles. The van der Waals surface area contributed by atoms with Crippen LogP contribution < -0.4 is 15.4 Å². The molecule has 39 heavy (non-hydrogen) atoms. The summed E-state index contributed by atoms with van der Waals surface area (Å²) in [5.41, 5.74) is 4.98. The van der Waals surface area contributed by atoms with Crippen LogP contribution in [0.2, 0.25) is 5.02 Å². The van der Waals surface area contributed by atoms with Crippen molar-refractivity contribution < 1.29 is 19.1 Å². The van der Waals surface area contributed by atoms with Gasteiger partial charge in [-0.15, -0.1) is 0 Å². The summed E-state index contributed by atoms with van der Waals surface area (Å²) in [6.45, 7) is 10.1. The van der Waals surface area contributed by atoms with Crippen molar-refractivity contribution in [2.24, 2.45) is 10.8 Å². The van der Waals surface area contributed by atoms with E-state index < -0.39 is 5.92 Å². The van der Waals surface area contributed by atoms with Crippen molar-refractivity contribution in [3.05, 3.63) is 81.2 Å². The second-order valence-electron chi connectivity index (χ2n) is 12.6. The van der Waals surface area contributed by atoms with Crippen LogP contribution in [0.4, 0.5) is 5.69 Å². The van der Waals surface area contributed by atoms with Crippen molar-refractivity contribution >= 4 is 34.8 Å². The number of rotatable bonds is 5. The molecule has 0 fully saturated rings. The molecule has 2 N–H and O–H groups in total. The van der Waals surface area contributed by atoms with Crippen molar-refractivity contribution in [1.82, 2.24) is 5.32 Å². The Morgan fingerprint density at radius 3 is 2.13 bits per heavy atom. The molecule has 5 rings (SSSR count). The molecule has 2 aromatic carbocycles. The number of aryl methyl sites for hydroxylation is 1. The second kappa shape index (κ2) is 9.98. The number of allylic oxidation sites excluding steroid dienone is 4. The maximum absolute atomic E-state index is 13.6. The lowest BCUT2D eigenvalue weighted by Gasteiger charge is -2.44. The molecular weight excluding hydrogens is 512 g/mol. The Morgan fingerprint density at radius 2 is 1.54 bits per heavy atom.